The molecular weight excluding hydrogens is 219 g/mol. The van der Waals surface area contributed by atoms with Crippen LogP contribution < -0.4 is 0 Å². The van der Waals surface area contributed by atoms with Gasteiger partial charge in [0.25, 0.3) is 6.49 Å². The third-order valence-corrected chi connectivity index (χ3v) is 4.86. The molecule has 76 valence electrons. The Morgan fingerprint density at radius 3 is 2.14 bits per heavy atom. The molecule has 5 heteroatoms. The van der Waals surface area contributed by atoms with E-state index in [-0.39, 0.29) is 5.52 Å². The number of rotatable bonds is 4. The summed E-state index contributed by atoms with van der Waals surface area (Å²) in [6.45, 7) is -2.80. The van der Waals surface area contributed by atoms with Crippen molar-refractivity contribution in [3.05, 3.63) is 35.9 Å². The topological polar surface area (TPSA) is 35.5 Å². The average Bonchev–Trinajstić information content (AvgIpc) is 2.28. The van der Waals surface area contributed by atoms with Gasteiger partial charge in [-0.3, -0.25) is 4.79 Å². The van der Waals surface area contributed by atoms with Gasteiger partial charge in [0.2, 0.25) is 5.52 Å². The summed E-state index contributed by atoms with van der Waals surface area (Å²) in [6.07, 6.45) is 0. The van der Waals surface area contributed by atoms with Crippen LogP contribution in [0.3, 0.4) is 0 Å². The maximum Gasteiger partial charge on any atom is 0.259 e. The lowest BCUT2D eigenvalue weighted by Crippen LogP contribution is -2.03. The van der Waals surface area contributed by atoms with Crippen LogP contribution in [0.25, 0.3) is 0 Å². The Balaban J connectivity index is 3.02. The highest BCUT2D eigenvalue weighted by Crippen LogP contribution is 2.49. The Bertz CT molecular complexity index is 356. The molecule has 0 spiro atoms. The minimum Gasteiger partial charge on any atom is -0.327 e. The van der Waals surface area contributed by atoms with E-state index in [1.54, 1.807) is 24.3 Å². The van der Waals surface area contributed by atoms with E-state index < -0.39 is 6.49 Å². The van der Waals surface area contributed by atoms with Gasteiger partial charge in [0.05, 0.1) is 0 Å². The quantitative estimate of drug-likeness (QED) is 0.744. The highest BCUT2D eigenvalue weighted by atomic mass is 32.5. The van der Waals surface area contributed by atoms with E-state index in [0.29, 0.717) is 5.56 Å². The smallest absolute Gasteiger partial charge is 0.259 e. The summed E-state index contributed by atoms with van der Waals surface area (Å²) in [5.74, 6) is 0. The second-order valence-corrected chi connectivity index (χ2v) is 6.11. The Hall–Kier alpha value is -0.540. The van der Waals surface area contributed by atoms with E-state index >= 15 is 0 Å². The summed E-state index contributed by atoms with van der Waals surface area (Å²) >= 11 is 5.03. The third-order valence-electron chi connectivity index (χ3n) is 1.75. The van der Waals surface area contributed by atoms with Crippen molar-refractivity contribution in [2.24, 2.45) is 0 Å². The van der Waals surface area contributed by atoms with Gasteiger partial charge in [-0.25, -0.2) is 0 Å². The molecule has 1 rings (SSSR count). The van der Waals surface area contributed by atoms with Crippen LogP contribution in [-0.2, 0) is 20.9 Å². The molecule has 0 amide bonds. The van der Waals surface area contributed by atoms with Crippen molar-refractivity contribution < 1.29 is 13.8 Å². The van der Waals surface area contributed by atoms with Crippen LogP contribution >= 0.6 is 6.49 Å². The summed E-state index contributed by atoms with van der Waals surface area (Å²) in [7, 11) is 2.79. The number of hydrogen-bond donors (Lipinski definition) is 0. The van der Waals surface area contributed by atoms with Gasteiger partial charge < -0.3 is 9.05 Å². The van der Waals surface area contributed by atoms with Crippen LogP contribution in [0.1, 0.15) is 10.4 Å². The van der Waals surface area contributed by atoms with Crippen LogP contribution in [0.2, 0.25) is 0 Å². The summed E-state index contributed by atoms with van der Waals surface area (Å²) in [6, 6.07) is 8.78. The summed E-state index contributed by atoms with van der Waals surface area (Å²) in [4.78, 5) is 11.8. The largest absolute Gasteiger partial charge is 0.327 e. The maximum atomic E-state index is 11.8. The lowest BCUT2D eigenvalue weighted by atomic mass is 10.2. The first-order valence-corrected chi connectivity index (χ1v) is 6.59. The van der Waals surface area contributed by atoms with Gasteiger partial charge in [-0.1, -0.05) is 30.3 Å². The fourth-order valence-corrected chi connectivity index (χ4v) is 2.24. The predicted molar refractivity (Wildman–Crippen MR) is 59.1 cm³/mol. The number of benzene rings is 1. The molecule has 1 aromatic rings. The van der Waals surface area contributed by atoms with Gasteiger partial charge in [0.1, 0.15) is 0 Å². The van der Waals surface area contributed by atoms with E-state index in [4.69, 9.17) is 20.9 Å². The fourth-order valence-electron chi connectivity index (χ4n) is 0.979. The molecular formula is C9H11O3PS. The van der Waals surface area contributed by atoms with Crippen molar-refractivity contribution in [1.29, 1.82) is 0 Å². The highest BCUT2D eigenvalue weighted by Gasteiger charge is 2.27. The van der Waals surface area contributed by atoms with Gasteiger partial charge >= 0.3 is 0 Å². The lowest BCUT2D eigenvalue weighted by Gasteiger charge is -2.15. The monoisotopic (exact) mass is 230 g/mol. The first kappa shape index (κ1) is 11.5. The third kappa shape index (κ3) is 2.28. The van der Waals surface area contributed by atoms with Gasteiger partial charge in [0, 0.05) is 19.8 Å². The molecule has 0 heterocycles. The van der Waals surface area contributed by atoms with E-state index in [0.717, 1.165) is 0 Å². The molecule has 0 unspecified atom stereocenters. The predicted octanol–water partition coefficient (Wildman–Crippen LogP) is 2.43. The van der Waals surface area contributed by atoms with Crippen molar-refractivity contribution in [3.63, 3.8) is 0 Å². The molecule has 0 atom stereocenters. The zero-order valence-corrected chi connectivity index (χ0v) is 9.68. The van der Waals surface area contributed by atoms with E-state index in [2.05, 4.69) is 0 Å². The number of carbonyl (C=O) groups excluding carboxylic acids is 1. The lowest BCUT2D eigenvalue weighted by molar-refractivity contribution is 0.104. The first-order valence-electron chi connectivity index (χ1n) is 3.95. The molecule has 0 N–H and O–H groups in total. The number of carbonyl (C=O) groups is 1. The summed E-state index contributed by atoms with van der Waals surface area (Å²) in [5.41, 5.74) is 0.276. The molecule has 0 aliphatic heterocycles. The summed E-state index contributed by atoms with van der Waals surface area (Å²) in [5, 5.41) is 0. The van der Waals surface area contributed by atoms with Gasteiger partial charge in [-0.2, -0.15) is 0 Å². The Labute approximate surface area is 88.2 Å². The van der Waals surface area contributed by atoms with Gasteiger partial charge in [-0.15, -0.1) is 0 Å². The van der Waals surface area contributed by atoms with Crippen LogP contribution in [0.4, 0.5) is 0 Å². The Kier molecular flexibility index (Phi) is 3.96. The average molecular weight is 230 g/mol. The van der Waals surface area contributed by atoms with Crippen LogP contribution in [0.15, 0.2) is 30.3 Å². The van der Waals surface area contributed by atoms with Crippen molar-refractivity contribution >= 4 is 23.8 Å². The zero-order valence-electron chi connectivity index (χ0n) is 7.97. The van der Waals surface area contributed by atoms with Crippen molar-refractivity contribution in [1.82, 2.24) is 0 Å². The minimum absolute atomic E-state index is 0.252. The molecule has 0 fully saturated rings. The molecule has 0 aliphatic rings. The minimum atomic E-state index is -2.80. The summed E-state index contributed by atoms with van der Waals surface area (Å²) < 4.78 is 9.91. The Morgan fingerprint density at radius 2 is 1.71 bits per heavy atom. The molecule has 3 nitrogen and oxygen atoms in total. The fraction of sp³-hybridized carbons (Fsp3) is 0.222. The highest BCUT2D eigenvalue weighted by molar-refractivity contribution is 8.18. The first-order chi connectivity index (χ1) is 6.64. The van der Waals surface area contributed by atoms with Crippen LogP contribution in [0, 0.1) is 0 Å². The normalized spacial score (nSPS) is 11.3. The van der Waals surface area contributed by atoms with Crippen molar-refractivity contribution in [3.8, 4) is 0 Å². The molecule has 0 bridgehead atoms. The zero-order chi connectivity index (χ0) is 10.6. The van der Waals surface area contributed by atoms with Crippen LogP contribution in [0.5, 0.6) is 0 Å². The van der Waals surface area contributed by atoms with E-state index in [1.807, 2.05) is 6.07 Å². The SMILES string of the molecule is COP(=S)(OC)C(=O)c1ccccc1. The van der Waals surface area contributed by atoms with Crippen LogP contribution in [-0.4, -0.2) is 19.7 Å². The Morgan fingerprint density at radius 1 is 1.21 bits per heavy atom. The van der Waals surface area contributed by atoms with E-state index in [1.165, 1.54) is 14.2 Å². The second-order valence-electron chi connectivity index (χ2n) is 2.53. The molecule has 0 aromatic heterocycles. The molecule has 14 heavy (non-hydrogen) atoms. The molecule has 0 aliphatic carbocycles. The maximum absolute atomic E-state index is 11.8. The molecule has 1 aromatic carbocycles. The van der Waals surface area contributed by atoms with Gasteiger partial charge in [-0.05, 0) is 11.8 Å². The standard InChI is InChI=1S/C9H11O3PS/c1-11-13(14,12-2)9(10)8-6-4-3-5-7-8/h3-7H,1-2H3. The second kappa shape index (κ2) is 4.80. The molecule has 0 saturated heterocycles. The molecule has 0 saturated carbocycles. The molecule has 0 radical (unpaired) electrons. The van der Waals surface area contributed by atoms with Crippen molar-refractivity contribution in [2.45, 2.75) is 0 Å². The number of hydrogen-bond acceptors (Lipinski definition) is 4. The van der Waals surface area contributed by atoms with E-state index in [9.17, 15) is 4.79 Å². The van der Waals surface area contributed by atoms with Gasteiger partial charge in [0.15, 0.2) is 0 Å². The van der Waals surface area contributed by atoms with Crippen molar-refractivity contribution in [2.75, 3.05) is 14.2 Å².